The Hall–Kier alpha value is -2.20. The molecule has 2 heterocycles. The van der Waals surface area contributed by atoms with Crippen LogP contribution in [-0.2, 0) is 18.8 Å². The Morgan fingerprint density at radius 1 is 1.14 bits per heavy atom. The van der Waals surface area contributed by atoms with Crippen LogP contribution in [0.25, 0.3) is 0 Å². The second kappa shape index (κ2) is 7.91. The van der Waals surface area contributed by atoms with Gasteiger partial charge >= 0.3 is 13.2 Å². The molecule has 0 aromatic carbocycles. The minimum Gasteiger partial charge on any atom is -0.444 e. The fraction of sp³-hybridized carbons (Fsp3) is 0.684. The zero-order valence-corrected chi connectivity index (χ0v) is 18.7. The summed E-state index contributed by atoms with van der Waals surface area (Å²) in [6.45, 7) is 14.7. The molecule has 2 rings (SSSR count). The van der Waals surface area contributed by atoms with Gasteiger partial charge < -0.3 is 19.4 Å². The third kappa shape index (κ3) is 5.45. The predicted molar refractivity (Wildman–Crippen MR) is 110 cm³/mol. The molecule has 1 aliphatic rings. The number of hydrogen-bond donors (Lipinski definition) is 1. The number of hydrogen-bond acceptors (Lipinski definition) is 7. The van der Waals surface area contributed by atoms with Crippen molar-refractivity contribution in [1.82, 2.24) is 15.3 Å². The van der Waals surface area contributed by atoms with Gasteiger partial charge in [-0.3, -0.25) is 9.69 Å². The molecule has 1 aromatic heterocycles. The highest BCUT2D eigenvalue weighted by molar-refractivity contribution is 6.61. The van der Waals surface area contributed by atoms with Crippen LogP contribution in [0.4, 0.5) is 10.7 Å². The van der Waals surface area contributed by atoms with E-state index in [1.54, 1.807) is 47.1 Å². The van der Waals surface area contributed by atoms with Crippen molar-refractivity contribution < 1.29 is 23.6 Å². The minimum atomic E-state index is -0.804. The fourth-order valence-electron chi connectivity index (χ4n) is 2.54. The number of carbonyl (C=O) groups excluding carboxylic acids is 2. The van der Waals surface area contributed by atoms with Gasteiger partial charge in [0.1, 0.15) is 11.6 Å². The lowest BCUT2D eigenvalue weighted by Gasteiger charge is -2.32. The largest absolute Gasteiger partial charge is 0.498 e. The van der Waals surface area contributed by atoms with Gasteiger partial charge in [-0.15, -0.1) is 0 Å². The van der Waals surface area contributed by atoms with Crippen molar-refractivity contribution in [1.29, 1.82) is 0 Å². The molecule has 1 unspecified atom stereocenters. The summed E-state index contributed by atoms with van der Waals surface area (Å²) in [5, 5.41) is 2.51. The highest BCUT2D eigenvalue weighted by atomic mass is 16.7. The zero-order chi connectivity index (χ0) is 22.2. The predicted octanol–water partition coefficient (Wildman–Crippen LogP) is 1.65. The van der Waals surface area contributed by atoms with E-state index in [1.807, 2.05) is 27.7 Å². The van der Waals surface area contributed by atoms with Crippen molar-refractivity contribution >= 4 is 30.5 Å². The van der Waals surface area contributed by atoms with Crippen LogP contribution >= 0.6 is 0 Å². The lowest BCUT2D eigenvalue weighted by atomic mass is 9.81. The molecular formula is C19H31BN4O5. The molecule has 0 saturated carbocycles. The number of likely N-dealkylation sites (N-methyl/N-ethyl adjacent to an activating group) is 1. The summed E-state index contributed by atoms with van der Waals surface area (Å²) >= 11 is 0. The second-order valence-electron chi connectivity index (χ2n) is 9.17. The average molecular weight is 406 g/mol. The Kier molecular flexibility index (Phi) is 6.30. The highest BCUT2D eigenvalue weighted by Crippen LogP contribution is 2.36. The molecule has 29 heavy (non-hydrogen) atoms. The summed E-state index contributed by atoms with van der Waals surface area (Å²) in [7, 11) is 0.960. The average Bonchev–Trinajstić information content (AvgIpc) is 2.79. The molecule has 10 heteroatoms. The van der Waals surface area contributed by atoms with Crippen molar-refractivity contribution in [3.63, 3.8) is 0 Å². The number of anilines is 1. The first kappa shape index (κ1) is 23.1. The van der Waals surface area contributed by atoms with Crippen LogP contribution in [0, 0.1) is 0 Å². The van der Waals surface area contributed by atoms with Gasteiger partial charge in [0.15, 0.2) is 0 Å². The van der Waals surface area contributed by atoms with E-state index in [4.69, 9.17) is 14.0 Å². The van der Waals surface area contributed by atoms with Gasteiger partial charge in [-0.05, 0) is 55.4 Å². The maximum absolute atomic E-state index is 12.6. The summed E-state index contributed by atoms with van der Waals surface area (Å²) in [4.78, 5) is 34.2. The Bertz CT molecular complexity index is 745. The van der Waals surface area contributed by atoms with Crippen LogP contribution in [0.1, 0.15) is 55.4 Å². The fourth-order valence-corrected chi connectivity index (χ4v) is 2.54. The van der Waals surface area contributed by atoms with Crippen LogP contribution in [0.5, 0.6) is 0 Å². The van der Waals surface area contributed by atoms with Crippen LogP contribution in [-0.4, -0.2) is 59.0 Å². The molecular weight excluding hydrogens is 375 g/mol. The van der Waals surface area contributed by atoms with Crippen molar-refractivity contribution in [3.05, 3.63) is 12.4 Å². The quantitative estimate of drug-likeness (QED) is 0.759. The molecule has 0 spiro atoms. The minimum absolute atomic E-state index is 0.202. The number of carbonyl (C=O) groups is 2. The third-order valence-electron chi connectivity index (χ3n) is 4.92. The first-order valence-corrected chi connectivity index (χ1v) is 9.57. The van der Waals surface area contributed by atoms with Gasteiger partial charge in [0, 0.05) is 24.9 Å². The van der Waals surface area contributed by atoms with Gasteiger partial charge in [-0.1, -0.05) is 0 Å². The van der Waals surface area contributed by atoms with Crippen LogP contribution in [0.3, 0.4) is 0 Å². The van der Waals surface area contributed by atoms with Gasteiger partial charge in [0.05, 0.1) is 11.2 Å². The van der Waals surface area contributed by atoms with Crippen molar-refractivity contribution in [2.75, 3.05) is 11.9 Å². The molecule has 9 nitrogen and oxygen atoms in total. The SMILES string of the molecule is CC(NC(=O)OC(C)(C)C)C(=O)N(C)c1ncc(B2OC(C)(C)C(C)(C)O2)cn1. The van der Waals surface area contributed by atoms with E-state index < -0.39 is 36.1 Å². The van der Waals surface area contributed by atoms with Crippen molar-refractivity contribution in [3.8, 4) is 0 Å². The molecule has 1 aliphatic heterocycles. The molecule has 2 amide bonds. The van der Waals surface area contributed by atoms with Gasteiger partial charge in [0.2, 0.25) is 5.95 Å². The number of alkyl carbamates (subject to hydrolysis) is 1. The van der Waals surface area contributed by atoms with E-state index in [2.05, 4.69) is 15.3 Å². The van der Waals surface area contributed by atoms with E-state index >= 15 is 0 Å². The normalized spacial score (nSPS) is 18.9. The number of nitrogens with zero attached hydrogens (tertiary/aromatic N) is 3. The lowest BCUT2D eigenvalue weighted by Crippen LogP contribution is -2.47. The number of nitrogens with one attached hydrogen (secondary N) is 1. The van der Waals surface area contributed by atoms with E-state index in [-0.39, 0.29) is 11.9 Å². The molecule has 0 bridgehead atoms. The maximum Gasteiger partial charge on any atom is 0.498 e. The smallest absolute Gasteiger partial charge is 0.444 e. The van der Waals surface area contributed by atoms with Crippen molar-refractivity contribution in [2.45, 2.75) is 78.2 Å². The summed E-state index contributed by atoms with van der Waals surface area (Å²) in [6, 6.07) is -0.804. The third-order valence-corrected chi connectivity index (χ3v) is 4.92. The molecule has 1 saturated heterocycles. The van der Waals surface area contributed by atoms with E-state index in [0.29, 0.717) is 5.46 Å². The number of ether oxygens (including phenoxy) is 1. The Balaban J connectivity index is 2.02. The summed E-state index contributed by atoms with van der Waals surface area (Å²) < 4.78 is 17.1. The molecule has 1 fully saturated rings. The zero-order valence-electron chi connectivity index (χ0n) is 18.7. The lowest BCUT2D eigenvalue weighted by molar-refractivity contribution is -0.120. The number of aromatic nitrogens is 2. The standard InChI is InChI=1S/C19H31BN4O5/c1-12(23-16(26)27-17(2,3)4)14(25)24(9)15-21-10-13(11-22-15)20-28-18(5,6)19(7,8)29-20/h10-12H,1-9H3,(H,23,26). The highest BCUT2D eigenvalue weighted by Gasteiger charge is 2.52. The van der Waals surface area contributed by atoms with Crippen LogP contribution < -0.4 is 15.7 Å². The molecule has 160 valence electrons. The first-order chi connectivity index (χ1) is 13.1. The molecule has 0 aliphatic carbocycles. The van der Waals surface area contributed by atoms with E-state index in [1.165, 1.54) is 4.90 Å². The van der Waals surface area contributed by atoms with Gasteiger partial charge in [0.25, 0.3) is 5.91 Å². The Morgan fingerprint density at radius 2 is 1.62 bits per heavy atom. The van der Waals surface area contributed by atoms with E-state index in [9.17, 15) is 9.59 Å². The topological polar surface area (TPSA) is 103 Å². The van der Waals surface area contributed by atoms with Gasteiger partial charge in [-0.2, -0.15) is 0 Å². The van der Waals surface area contributed by atoms with Crippen LogP contribution in [0.15, 0.2) is 12.4 Å². The molecule has 1 N–H and O–H groups in total. The summed E-state index contributed by atoms with van der Waals surface area (Å²) in [5.41, 5.74) is -0.920. The Labute approximate surface area is 172 Å². The summed E-state index contributed by atoms with van der Waals surface area (Å²) in [6.07, 6.45) is 2.48. The van der Waals surface area contributed by atoms with E-state index in [0.717, 1.165) is 0 Å². The summed E-state index contributed by atoms with van der Waals surface area (Å²) in [5.74, 6) is -0.174. The number of amides is 2. The Morgan fingerprint density at radius 3 is 2.07 bits per heavy atom. The van der Waals surface area contributed by atoms with Crippen molar-refractivity contribution in [2.24, 2.45) is 0 Å². The number of rotatable bonds is 4. The van der Waals surface area contributed by atoms with Gasteiger partial charge in [-0.25, -0.2) is 14.8 Å². The first-order valence-electron chi connectivity index (χ1n) is 9.57. The maximum atomic E-state index is 12.6. The van der Waals surface area contributed by atoms with Crippen LogP contribution in [0.2, 0.25) is 0 Å². The molecule has 1 aromatic rings. The molecule has 1 atom stereocenters. The second-order valence-corrected chi connectivity index (χ2v) is 9.17. The monoisotopic (exact) mass is 406 g/mol. The molecule has 0 radical (unpaired) electrons.